The van der Waals surface area contributed by atoms with Gasteiger partial charge in [0.25, 0.3) is 0 Å². The first-order valence-corrected chi connectivity index (χ1v) is 6.02. The van der Waals surface area contributed by atoms with Gasteiger partial charge in [-0.1, -0.05) is 20.8 Å². The number of hydrogen-bond donors (Lipinski definition) is 2. The van der Waals surface area contributed by atoms with Gasteiger partial charge in [-0.3, -0.25) is 9.59 Å². The smallest absolute Gasteiger partial charge is 0.326 e. The standard InChI is InChI=1S/C12H20N2O4/c1-12(2,3)9(13-7-15)10(16)14-6-4-5-8(14)11(17)18/h7-9H,4-6H2,1-3H3,(H,13,15)(H,17,18)/t8?,9-/m1/s1. The lowest BCUT2D eigenvalue weighted by Gasteiger charge is -2.33. The molecule has 2 amide bonds. The molecule has 1 aliphatic heterocycles. The van der Waals surface area contributed by atoms with Crippen LogP contribution in [0.1, 0.15) is 33.6 Å². The first-order chi connectivity index (χ1) is 8.29. The van der Waals surface area contributed by atoms with Crippen LogP contribution in [-0.4, -0.2) is 46.9 Å². The maximum atomic E-state index is 12.3. The zero-order valence-corrected chi connectivity index (χ0v) is 11.0. The van der Waals surface area contributed by atoms with Crippen molar-refractivity contribution in [3.05, 3.63) is 0 Å². The van der Waals surface area contributed by atoms with Crippen molar-refractivity contribution in [3.63, 3.8) is 0 Å². The molecule has 2 N–H and O–H groups in total. The van der Waals surface area contributed by atoms with Crippen LogP contribution in [0.25, 0.3) is 0 Å². The lowest BCUT2D eigenvalue weighted by molar-refractivity contribution is -0.150. The average Bonchev–Trinajstić information content (AvgIpc) is 2.72. The maximum Gasteiger partial charge on any atom is 0.326 e. The van der Waals surface area contributed by atoms with Crippen LogP contribution in [-0.2, 0) is 14.4 Å². The number of carbonyl (C=O) groups excluding carboxylic acids is 2. The second-order valence-corrected chi connectivity index (χ2v) is 5.61. The van der Waals surface area contributed by atoms with Crippen LogP contribution in [0.15, 0.2) is 0 Å². The number of rotatable bonds is 4. The molecule has 6 heteroatoms. The first-order valence-electron chi connectivity index (χ1n) is 6.02. The Morgan fingerprint density at radius 1 is 1.44 bits per heavy atom. The Hall–Kier alpha value is -1.59. The molecule has 0 radical (unpaired) electrons. The van der Waals surface area contributed by atoms with E-state index in [1.807, 2.05) is 20.8 Å². The van der Waals surface area contributed by atoms with Crippen LogP contribution < -0.4 is 5.32 Å². The summed E-state index contributed by atoms with van der Waals surface area (Å²) in [6.07, 6.45) is 1.64. The van der Waals surface area contributed by atoms with Crippen LogP contribution in [0.5, 0.6) is 0 Å². The van der Waals surface area contributed by atoms with Crippen molar-refractivity contribution < 1.29 is 19.5 Å². The molecule has 6 nitrogen and oxygen atoms in total. The highest BCUT2D eigenvalue weighted by molar-refractivity contribution is 5.89. The highest BCUT2D eigenvalue weighted by atomic mass is 16.4. The number of aliphatic carboxylic acids is 1. The number of nitrogens with one attached hydrogen (secondary N) is 1. The number of likely N-dealkylation sites (tertiary alicyclic amines) is 1. The summed E-state index contributed by atoms with van der Waals surface area (Å²) in [6.45, 7) is 5.93. The molecule has 102 valence electrons. The van der Waals surface area contributed by atoms with Gasteiger partial charge in [0.15, 0.2) is 0 Å². The van der Waals surface area contributed by atoms with Gasteiger partial charge in [0.1, 0.15) is 12.1 Å². The fraction of sp³-hybridized carbons (Fsp3) is 0.750. The third kappa shape index (κ3) is 3.00. The fourth-order valence-electron chi connectivity index (χ4n) is 2.21. The number of carbonyl (C=O) groups is 3. The van der Waals surface area contributed by atoms with E-state index in [0.717, 1.165) is 0 Å². The van der Waals surface area contributed by atoms with Gasteiger partial charge in [0, 0.05) is 6.54 Å². The van der Waals surface area contributed by atoms with E-state index in [1.165, 1.54) is 4.90 Å². The fourth-order valence-corrected chi connectivity index (χ4v) is 2.21. The van der Waals surface area contributed by atoms with Crippen molar-refractivity contribution in [2.24, 2.45) is 5.41 Å². The van der Waals surface area contributed by atoms with Gasteiger partial charge >= 0.3 is 5.97 Å². The van der Waals surface area contributed by atoms with Gasteiger partial charge < -0.3 is 15.3 Å². The van der Waals surface area contributed by atoms with Crippen molar-refractivity contribution in [3.8, 4) is 0 Å². The van der Waals surface area contributed by atoms with E-state index in [0.29, 0.717) is 25.8 Å². The Morgan fingerprint density at radius 3 is 2.50 bits per heavy atom. The van der Waals surface area contributed by atoms with E-state index < -0.39 is 23.5 Å². The van der Waals surface area contributed by atoms with Crippen molar-refractivity contribution in [1.82, 2.24) is 10.2 Å². The molecule has 0 aliphatic carbocycles. The highest BCUT2D eigenvalue weighted by Crippen LogP contribution is 2.25. The van der Waals surface area contributed by atoms with Crippen LogP contribution in [0.2, 0.25) is 0 Å². The van der Waals surface area contributed by atoms with E-state index in [1.54, 1.807) is 0 Å². The first kappa shape index (κ1) is 14.5. The number of carboxylic acids is 1. The molecule has 0 aromatic rings. The Morgan fingerprint density at radius 2 is 2.06 bits per heavy atom. The number of carboxylic acid groups (broad SMARTS) is 1. The average molecular weight is 256 g/mol. The van der Waals surface area contributed by atoms with Crippen LogP contribution in [0.3, 0.4) is 0 Å². The van der Waals surface area contributed by atoms with E-state index in [9.17, 15) is 14.4 Å². The van der Waals surface area contributed by atoms with E-state index in [2.05, 4.69) is 5.32 Å². The zero-order chi connectivity index (χ0) is 13.9. The van der Waals surface area contributed by atoms with Gasteiger partial charge in [-0.15, -0.1) is 0 Å². The molecule has 2 atom stereocenters. The maximum absolute atomic E-state index is 12.3. The van der Waals surface area contributed by atoms with Gasteiger partial charge in [0.05, 0.1) is 0 Å². The van der Waals surface area contributed by atoms with E-state index >= 15 is 0 Å². The molecule has 1 aliphatic rings. The Kier molecular flexibility index (Phi) is 4.32. The second kappa shape index (κ2) is 5.37. The van der Waals surface area contributed by atoms with Crippen LogP contribution >= 0.6 is 0 Å². The molecule has 1 heterocycles. The summed E-state index contributed by atoms with van der Waals surface area (Å²) >= 11 is 0. The van der Waals surface area contributed by atoms with E-state index in [-0.39, 0.29) is 5.91 Å². The summed E-state index contributed by atoms with van der Waals surface area (Å²) in [7, 11) is 0. The summed E-state index contributed by atoms with van der Waals surface area (Å²) in [5.74, 6) is -1.31. The zero-order valence-electron chi connectivity index (χ0n) is 11.0. The molecule has 0 aromatic carbocycles. The van der Waals surface area contributed by atoms with Crippen molar-refractivity contribution in [2.75, 3.05) is 6.54 Å². The summed E-state index contributed by atoms with van der Waals surface area (Å²) in [5, 5.41) is 11.6. The largest absolute Gasteiger partial charge is 0.480 e. The molecule has 1 rings (SSSR count). The highest BCUT2D eigenvalue weighted by Gasteiger charge is 2.40. The number of nitrogens with zero attached hydrogens (tertiary/aromatic N) is 1. The summed E-state index contributed by atoms with van der Waals surface area (Å²) in [4.78, 5) is 35.4. The molecular weight excluding hydrogens is 236 g/mol. The number of amides is 2. The minimum absolute atomic E-state index is 0.320. The van der Waals surface area contributed by atoms with Gasteiger partial charge in [-0.2, -0.15) is 0 Å². The SMILES string of the molecule is CC(C)(C)[C@H](NC=O)C(=O)N1CCCC1C(=O)O. The van der Waals surface area contributed by atoms with Crippen molar-refractivity contribution >= 4 is 18.3 Å². The van der Waals surface area contributed by atoms with Crippen molar-refractivity contribution in [1.29, 1.82) is 0 Å². The second-order valence-electron chi connectivity index (χ2n) is 5.61. The predicted octanol–water partition coefficient (Wildman–Crippen LogP) is 0.223. The monoisotopic (exact) mass is 256 g/mol. The minimum Gasteiger partial charge on any atom is -0.480 e. The normalized spacial score (nSPS) is 21.5. The molecular formula is C12H20N2O4. The third-order valence-electron chi connectivity index (χ3n) is 3.17. The quantitative estimate of drug-likeness (QED) is 0.705. The van der Waals surface area contributed by atoms with Crippen molar-refractivity contribution in [2.45, 2.75) is 45.7 Å². The topological polar surface area (TPSA) is 86.7 Å². The van der Waals surface area contributed by atoms with Gasteiger partial charge in [0.2, 0.25) is 12.3 Å². The lowest BCUT2D eigenvalue weighted by Crippen LogP contribution is -2.55. The Labute approximate surface area is 106 Å². The summed E-state index contributed by atoms with van der Waals surface area (Å²) in [6, 6.07) is -1.47. The molecule has 1 unspecified atom stereocenters. The van der Waals surface area contributed by atoms with Gasteiger partial charge in [-0.05, 0) is 18.3 Å². The predicted molar refractivity (Wildman–Crippen MR) is 64.8 cm³/mol. The molecule has 0 aromatic heterocycles. The third-order valence-corrected chi connectivity index (χ3v) is 3.17. The molecule has 1 saturated heterocycles. The molecule has 0 bridgehead atoms. The Balaban J connectivity index is 2.89. The van der Waals surface area contributed by atoms with Gasteiger partial charge in [-0.25, -0.2) is 4.79 Å². The molecule has 0 saturated carbocycles. The van der Waals surface area contributed by atoms with Crippen LogP contribution in [0, 0.1) is 5.41 Å². The Bertz CT molecular complexity index is 348. The van der Waals surface area contributed by atoms with Crippen LogP contribution in [0.4, 0.5) is 0 Å². The molecule has 1 fully saturated rings. The number of hydrogen-bond acceptors (Lipinski definition) is 3. The summed E-state index contributed by atoms with van der Waals surface area (Å²) in [5.41, 5.74) is -0.455. The molecule has 18 heavy (non-hydrogen) atoms. The summed E-state index contributed by atoms with van der Waals surface area (Å²) < 4.78 is 0. The van der Waals surface area contributed by atoms with E-state index in [4.69, 9.17) is 5.11 Å². The minimum atomic E-state index is -0.986. The lowest BCUT2D eigenvalue weighted by atomic mass is 9.86. The molecule has 0 spiro atoms.